The van der Waals surface area contributed by atoms with Crippen molar-refractivity contribution in [1.29, 1.82) is 0 Å². The lowest BCUT2D eigenvalue weighted by molar-refractivity contribution is 0.0730. The average Bonchev–Trinajstić information content (AvgIpc) is 2.96. The number of hydrogen-bond acceptors (Lipinski definition) is 3. The number of benzene rings is 1. The van der Waals surface area contributed by atoms with Crippen LogP contribution >= 0.6 is 11.6 Å². The van der Waals surface area contributed by atoms with Gasteiger partial charge in [0.15, 0.2) is 0 Å². The number of halogens is 1. The molecule has 1 amide bonds. The molecule has 0 radical (unpaired) electrons. The predicted octanol–water partition coefficient (Wildman–Crippen LogP) is 2.98. The maximum Gasteiger partial charge on any atom is 0.274 e. The second-order valence-corrected chi connectivity index (χ2v) is 5.60. The maximum atomic E-state index is 12.5. The van der Waals surface area contributed by atoms with Gasteiger partial charge in [0.2, 0.25) is 0 Å². The summed E-state index contributed by atoms with van der Waals surface area (Å²) in [5.41, 5.74) is 1.61. The van der Waals surface area contributed by atoms with Gasteiger partial charge in [-0.15, -0.1) is 0 Å². The molecule has 0 saturated carbocycles. The Morgan fingerprint density at radius 1 is 1.24 bits per heavy atom. The van der Waals surface area contributed by atoms with E-state index in [9.17, 15) is 4.79 Å². The number of carbonyl (C=O) groups excluding carboxylic acids is 1. The lowest BCUT2D eigenvalue weighted by Gasteiger charge is -2.24. The van der Waals surface area contributed by atoms with Crippen molar-refractivity contribution in [2.75, 3.05) is 6.54 Å². The Balaban J connectivity index is 1.74. The van der Waals surface area contributed by atoms with Crippen LogP contribution in [0.15, 0.2) is 42.7 Å². The van der Waals surface area contributed by atoms with Crippen LogP contribution in [0.1, 0.15) is 28.9 Å². The molecule has 1 aliphatic heterocycles. The zero-order valence-corrected chi connectivity index (χ0v) is 12.3. The fourth-order valence-corrected chi connectivity index (χ4v) is 2.87. The van der Waals surface area contributed by atoms with Crippen LogP contribution in [0, 0.1) is 0 Å². The SMILES string of the molecule is O=C(c1cnc(Cl)cn1)N1CCCC1Cc1ccccc1. The molecule has 0 spiro atoms. The molecule has 108 valence electrons. The summed E-state index contributed by atoms with van der Waals surface area (Å²) in [4.78, 5) is 22.5. The Labute approximate surface area is 128 Å². The van der Waals surface area contributed by atoms with Crippen LogP contribution in [0.2, 0.25) is 5.15 Å². The molecule has 2 aromatic rings. The van der Waals surface area contributed by atoms with Crippen molar-refractivity contribution in [2.24, 2.45) is 0 Å². The quantitative estimate of drug-likeness (QED) is 0.875. The van der Waals surface area contributed by atoms with E-state index in [1.807, 2.05) is 23.1 Å². The van der Waals surface area contributed by atoms with Gasteiger partial charge < -0.3 is 4.90 Å². The molecule has 0 aliphatic carbocycles. The van der Waals surface area contributed by atoms with E-state index >= 15 is 0 Å². The summed E-state index contributed by atoms with van der Waals surface area (Å²) in [6, 6.07) is 10.5. The monoisotopic (exact) mass is 301 g/mol. The summed E-state index contributed by atoms with van der Waals surface area (Å²) in [7, 11) is 0. The fourth-order valence-electron chi connectivity index (χ4n) is 2.77. The molecule has 1 saturated heterocycles. The maximum absolute atomic E-state index is 12.5. The van der Waals surface area contributed by atoms with Crippen LogP contribution in [0.4, 0.5) is 0 Å². The third-order valence-corrected chi connectivity index (χ3v) is 3.99. The molecule has 3 rings (SSSR count). The molecule has 4 nitrogen and oxygen atoms in total. The highest BCUT2D eigenvalue weighted by atomic mass is 35.5. The first-order valence-corrected chi connectivity index (χ1v) is 7.44. The van der Waals surface area contributed by atoms with Crippen molar-refractivity contribution in [3.8, 4) is 0 Å². The minimum atomic E-state index is -0.0578. The molecular formula is C16H16ClN3O. The number of amides is 1. The Morgan fingerprint density at radius 2 is 2.05 bits per heavy atom. The van der Waals surface area contributed by atoms with E-state index in [0.717, 1.165) is 25.8 Å². The molecule has 1 aliphatic rings. The Morgan fingerprint density at radius 3 is 2.76 bits per heavy atom. The van der Waals surface area contributed by atoms with Crippen LogP contribution < -0.4 is 0 Å². The number of rotatable bonds is 3. The van der Waals surface area contributed by atoms with Crippen molar-refractivity contribution in [1.82, 2.24) is 14.9 Å². The van der Waals surface area contributed by atoms with Crippen LogP contribution in [0.5, 0.6) is 0 Å². The molecule has 0 bridgehead atoms. The van der Waals surface area contributed by atoms with Crippen LogP contribution in [0.3, 0.4) is 0 Å². The first-order chi connectivity index (χ1) is 10.2. The van der Waals surface area contributed by atoms with Gasteiger partial charge >= 0.3 is 0 Å². The molecule has 1 fully saturated rings. The predicted molar refractivity (Wildman–Crippen MR) is 81.2 cm³/mol. The summed E-state index contributed by atoms with van der Waals surface area (Å²) >= 11 is 5.71. The van der Waals surface area contributed by atoms with Gasteiger partial charge in [-0.05, 0) is 24.8 Å². The average molecular weight is 302 g/mol. The highest BCUT2D eigenvalue weighted by Gasteiger charge is 2.30. The van der Waals surface area contributed by atoms with E-state index in [2.05, 4.69) is 22.1 Å². The van der Waals surface area contributed by atoms with Gasteiger partial charge in [-0.25, -0.2) is 9.97 Å². The zero-order chi connectivity index (χ0) is 14.7. The number of likely N-dealkylation sites (tertiary alicyclic amines) is 1. The van der Waals surface area contributed by atoms with E-state index in [4.69, 9.17) is 11.6 Å². The van der Waals surface area contributed by atoms with Crippen LogP contribution in [-0.2, 0) is 6.42 Å². The van der Waals surface area contributed by atoms with Crippen molar-refractivity contribution >= 4 is 17.5 Å². The van der Waals surface area contributed by atoms with Gasteiger partial charge in [0.05, 0.1) is 12.4 Å². The topological polar surface area (TPSA) is 46.1 Å². The van der Waals surface area contributed by atoms with Crippen LogP contribution in [-0.4, -0.2) is 33.4 Å². The van der Waals surface area contributed by atoms with E-state index in [-0.39, 0.29) is 11.9 Å². The van der Waals surface area contributed by atoms with Crippen molar-refractivity contribution in [3.63, 3.8) is 0 Å². The van der Waals surface area contributed by atoms with Crippen molar-refractivity contribution in [2.45, 2.75) is 25.3 Å². The van der Waals surface area contributed by atoms with Gasteiger partial charge in [0, 0.05) is 12.6 Å². The zero-order valence-electron chi connectivity index (χ0n) is 11.6. The highest BCUT2D eigenvalue weighted by Crippen LogP contribution is 2.23. The third kappa shape index (κ3) is 3.22. The summed E-state index contributed by atoms with van der Waals surface area (Å²) < 4.78 is 0. The second kappa shape index (κ2) is 6.22. The van der Waals surface area contributed by atoms with Gasteiger partial charge in [-0.1, -0.05) is 41.9 Å². The smallest absolute Gasteiger partial charge is 0.274 e. The lowest BCUT2D eigenvalue weighted by Crippen LogP contribution is -2.37. The first kappa shape index (κ1) is 14.0. The summed E-state index contributed by atoms with van der Waals surface area (Å²) in [5.74, 6) is -0.0578. The lowest BCUT2D eigenvalue weighted by atomic mass is 10.0. The molecule has 1 unspecified atom stereocenters. The van der Waals surface area contributed by atoms with Gasteiger partial charge in [0.25, 0.3) is 5.91 Å². The van der Waals surface area contributed by atoms with E-state index in [1.165, 1.54) is 18.0 Å². The Kier molecular flexibility index (Phi) is 4.15. The first-order valence-electron chi connectivity index (χ1n) is 7.06. The Hall–Kier alpha value is -1.94. The van der Waals surface area contributed by atoms with Crippen molar-refractivity contribution in [3.05, 3.63) is 59.1 Å². The molecule has 1 aromatic carbocycles. The van der Waals surface area contributed by atoms with Crippen LogP contribution in [0.25, 0.3) is 0 Å². The van der Waals surface area contributed by atoms with E-state index < -0.39 is 0 Å². The Bertz CT molecular complexity index is 615. The summed E-state index contributed by atoms with van der Waals surface area (Å²) in [6.45, 7) is 0.778. The molecule has 1 atom stereocenters. The number of carbonyl (C=O) groups is 1. The summed E-state index contributed by atoms with van der Waals surface area (Å²) in [5, 5.41) is 0.300. The molecule has 2 heterocycles. The van der Waals surface area contributed by atoms with Gasteiger partial charge in [0.1, 0.15) is 10.8 Å². The second-order valence-electron chi connectivity index (χ2n) is 5.21. The molecule has 5 heteroatoms. The number of hydrogen-bond donors (Lipinski definition) is 0. The summed E-state index contributed by atoms with van der Waals surface area (Å²) in [6.07, 6.45) is 5.80. The molecule has 21 heavy (non-hydrogen) atoms. The standard InChI is InChI=1S/C16H16ClN3O/c17-15-11-18-14(10-19-15)16(21)20-8-4-7-13(20)9-12-5-2-1-3-6-12/h1-3,5-6,10-11,13H,4,7-9H2. The number of nitrogens with zero attached hydrogens (tertiary/aromatic N) is 3. The minimum absolute atomic E-state index is 0.0578. The van der Waals surface area contributed by atoms with Gasteiger partial charge in [-0.3, -0.25) is 4.79 Å². The fraction of sp³-hybridized carbons (Fsp3) is 0.312. The third-order valence-electron chi connectivity index (χ3n) is 3.79. The number of aromatic nitrogens is 2. The van der Waals surface area contributed by atoms with E-state index in [0.29, 0.717) is 10.8 Å². The molecular weight excluding hydrogens is 286 g/mol. The van der Waals surface area contributed by atoms with Crippen molar-refractivity contribution < 1.29 is 4.79 Å². The van der Waals surface area contributed by atoms with Gasteiger partial charge in [-0.2, -0.15) is 0 Å². The minimum Gasteiger partial charge on any atom is -0.334 e. The normalized spacial score (nSPS) is 18.0. The highest BCUT2D eigenvalue weighted by molar-refractivity contribution is 6.29. The van der Waals surface area contributed by atoms with E-state index in [1.54, 1.807) is 0 Å². The largest absolute Gasteiger partial charge is 0.334 e. The molecule has 1 aromatic heterocycles. The molecule has 0 N–H and O–H groups in total.